The van der Waals surface area contributed by atoms with Crippen LogP contribution in [0.2, 0.25) is 0 Å². The minimum atomic E-state index is -0.756. The number of hydrogen-bond acceptors (Lipinski definition) is 7. The Morgan fingerprint density at radius 3 is 3.09 bits per heavy atom. The van der Waals surface area contributed by atoms with E-state index in [4.69, 9.17) is 4.74 Å². The average molecular weight is 321 g/mol. The molecule has 0 aromatic carbocycles. The second-order valence-electron chi connectivity index (χ2n) is 4.67. The molecule has 10 heteroatoms. The Labute approximate surface area is 129 Å². The average Bonchev–Trinajstić information content (AvgIpc) is 3.20. The Bertz CT molecular complexity index is 814. The van der Waals surface area contributed by atoms with E-state index >= 15 is 0 Å². The normalized spacial score (nSPS) is 16.8. The van der Waals surface area contributed by atoms with Crippen LogP contribution < -0.4 is 5.69 Å². The monoisotopic (exact) mass is 321 g/mol. The van der Waals surface area contributed by atoms with Gasteiger partial charge < -0.3 is 9.47 Å². The number of aromatic nitrogens is 5. The van der Waals surface area contributed by atoms with Gasteiger partial charge in [-0.3, -0.25) is 9.36 Å². The number of methoxy groups -OCH3 is 1. The highest BCUT2D eigenvalue weighted by atomic mass is 19.1. The van der Waals surface area contributed by atoms with Gasteiger partial charge >= 0.3 is 11.7 Å². The molecule has 1 aliphatic heterocycles. The van der Waals surface area contributed by atoms with Gasteiger partial charge in [0.15, 0.2) is 17.9 Å². The Hall–Kier alpha value is -3.04. The van der Waals surface area contributed by atoms with Crippen LogP contribution in [0.4, 0.5) is 4.39 Å². The molecular formula is C13H12FN5O4. The highest BCUT2D eigenvalue weighted by Gasteiger charge is 2.24. The fourth-order valence-corrected chi connectivity index (χ4v) is 2.12. The summed E-state index contributed by atoms with van der Waals surface area (Å²) in [6.45, 7) is 0. The first-order chi connectivity index (χ1) is 11.1. The molecule has 0 aliphatic carbocycles. The van der Waals surface area contributed by atoms with Crippen molar-refractivity contribution < 1.29 is 18.7 Å². The van der Waals surface area contributed by atoms with Crippen molar-refractivity contribution in [1.29, 1.82) is 0 Å². The van der Waals surface area contributed by atoms with E-state index in [1.165, 1.54) is 19.8 Å². The zero-order valence-electron chi connectivity index (χ0n) is 12.0. The second kappa shape index (κ2) is 5.99. The fourth-order valence-electron chi connectivity index (χ4n) is 2.12. The highest BCUT2D eigenvalue weighted by Crippen LogP contribution is 2.27. The maximum atomic E-state index is 14.2. The molecule has 2 aromatic rings. The third kappa shape index (κ3) is 2.96. The first-order valence-corrected chi connectivity index (χ1v) is 6.64. The third-order valence-corrected chi connectivity index (χ3v) is 3.22. The summed E-state index contributed by atoms with van der Waals surface area (Å²) < 4.78 is 26.2. The number of halogens is 1. The molecule has 0 N–H and O–H groups in total. The topological polar surface area (TPSA) is 101 Å². The Morgan fingerprint density at radius 1 is 1.57 bits per heavy atom. The van der Waals surface area contributed by atoms with Crippen LogP contribution in [-0.2, 0) is 14.3 Å². The molecule has 1 unspecified atom stereocenters. The van der Waals surface area contributed by atoms with E-state index in [1.807, 2.05) is 0 Å². The van der Waals surface area contributed by atoms with E-state index in [1.54, 1.807) is 6.08 Å². The lowest BCUT2D eigenvalue weighted by atomic mass is 10.3. The Balaban J connectivity index is 1.82. The van der Waals surface area contributed by atoms with E-state index in [9.17, 15) is 14.0 Å². The van der Waals surface area contributed by atoms with Gasteiger partial charge in [0.2, 0.25) is 0 Å². The fraction of sp³-hybridized carbons (Fsp3) is 0.308. The van der Waals surface area contributed by atoms with Gasteiger partial charge in [-0.25, -0.2) is 14.2 Å². The summed E-state index contributed by atoms with van der Waals surface area (Å²) in [5.41, 5.74) is -0.699. The summed E-state index contributed by atoms with van der Waals surface area (Å²) in [4.78, 5) is 30.6. The maximum absolute atomic E-state index is 14.2. The summed E-state index contributed by atoms with van der Waals surface area (Å²) in [5.74, 6) is -1.09. The van der Waals surface area contributed by atoms with Gasteiger partial charge in [0.1, 0.15) is 24.8 Å². The van der Waals surface area contributed by atoms with Gasteiger partial charge in [-0.1, -0.05) is 0 Å². The number of nitrogens with zero attached hydrogens (tertiary/aromatic N) is 5. The molecule has 3 rings (SSSR count). The van der Waals surface area contributed by atoms with E-state index in [2.05, 4.69) is 19.8 Å². The van der Waals surface area contributed by atoms with Crippen molar-refractivity contribution in [2.24, 2.45) is 0 Å². The van der Waals surface area contributed by atoms with Crippen molar-refractivity contribution >= 4 is 5.97 Å². The van der Waals surface area contributed by atoms with E-state index in [0.29, 0.717) is 12.2 Å². The molecule has 0 saturated carbocycles. The standard InChI is InChI=1S/C13H12FN5O4/c1-22-11(20)4-8-2-3-10(23-8)18-5-9(14)12(17-13(18)21)19-7-15-6-16-19/h2,5-7,10H,3-4H2,1H3. The van der Waals surface area contributed by atoms with Crippen LogP contribution >= 0.6 is 0 Å². The maximum Gasteiger partial charge on any atom is 0.352 e. The first-order valence-electron chi connectivity index (χ1n) is 6.64. The van der Waals surface area contributed by atoms with Crippen LogP contribution in [0.15, 0.2) is 35.5 Å². The van der Waals surface area contributed by atoms with Crippen LogP contribution in [0.25, 0.3) is 5.82 Å². The molecule has 3 heterocycles. The van der Waals surface area contributed by atoms with Gasteiger partial charge in [-0.2, -0.15) is 14.8 Å². The predicted molar refractivity (Wildman–Crippen MR) is 72.8 cm³/mol. The van der Waals surface area contributed by atoms with Crippen molar-refractivity contribution in [2.45, 2.75) is 19.1 Å². The summed E-state index contributed by atoms with van der Waals surface area (Å²) >= 11 is 0. The van der Waals surface area contributed by atoms with Crippen molar-refractivity contribution in [2.75, 3.05) is 7.11 Å². The van der Waals surface area contributed by atoms with Crippen LogP contribution in [0.3, 0.4) is 0 Å². The summed E-state index contributed by atoms with van der Waals surface area (Å²) in [5, 5.41) is 3.73. The minimum absolute atomic E-state index is 0.0469. The van der Waals surface area contributed by atoms with Crippen molar-refractivity contribution in [3.8, 4) is 5.82 Å². The predicted octanol–water partition coefficient (Wildman–Crippen LogP) is 0.329. The number of hydrogen-bond donors (Lipinski definition) is 0. The SMILES string of the molecule is COC(=O)CC1=CCC(n2cc(F)c(-n3cncn3)nc2=O)O1. The van der Waals surface area contributed by atoms with Crippen LogP contribution in [-0.4, -0.2) is 37.4 Å². The lowest BCUT2D eigenvalue weighted by molar-refractivity contribution is -0.140. The van der Waals surface area contributed by atoms with Crippen LogP contribution in [0, 0.1) is 5.82 Å². The van der Waals surface area contributed by atoms with Crippen molar-refractivity contribution in [1.82, 2.24) is 24.3 Å². The van der Waals surface area contributed by atoms with Crippen molar-refractivity contribution in [3.63, 3.8) is 0 Å². The third-order valence-electron chi connectivity index (χ3n) is 3.22. The largest absolute Gasteiger partial charge is 0.474 e. The van der Waals surface area contributed by atoms with Gasteiger partial charge in [0, 0.05) is 6.42 Å². The molecule has 1 atom stereocenters. The molecular weight excluding hydrogens is 309 g/mol. The molecule has 2 aromatic heterocycles. The van der Waals surface area contributed by atoms with Gasteiger partial charge in [0.05, 0.1) is 13.3 Å². The molecule has 23 heavy (non-hydrogen) atoms. The van der Waals surface area contributed by atoms with Gasteiger partial charge in [-0.15, -0.1) is 0 Å². The molecule has 9 nitrogen and oxygen atoms in total. The number of rotatable bonds is 4. The van der Waals surface area contributed by atoms with E-state index in [-0.39, 0.29) is 12.2 Å². The highest BCUT2D eigenvalue weighted by molar-refractivity contribution is 5.71. The summed E-state index contributed by atoms with van der Waals surface area (Å²) in [7, 11) is 1.27. The van der Waals surface area contributed by atoms with E-state index in [0.717, 1.165) is 15.4 Å². The molecule has 0 bridgehead atoms. The smallest absolute Gasteiger partial charge is 0.352 e. The molecule has 120 valence electrons. The van der Waals surface area contributed by atoms with E-state index < -0.39 is 23.7 Å². The number of esters is 1. The molecule has 0 amide bonds. The number of carbonyl (C=O) groups excluding carboxylic acids is 1. The molecule has 0 saturated heterocycles. The molecule has 0 spiro atoms. The van der Waals surface area contributed by atoms with Gasteiger partial charge in [0.25, 0.3) is 0 Å². The number of carbonyl (C=O) groups is 1. The van der Waals surface area contributed by atoms with Crippen LogP contribution in [0.5, 0.6) is 0 Å². The molecule has 0 radical (unpaired) electrons. The van der Waals surface area contributed by atoms with Crippen LogP contribution in [0.1, 0.15) is 19.1 Å². The zero-order chi connectivity index (χ0) is 16.4. The minimum Gasteiger partial charge on any atom is -0.474 e. The Kier molecular flexibility index (Phi) is 3.87. The summed E-state index contributed by atoms with van der Waals surface area (Å²) in [6, 6.07) is 0. The Morgan fingerprint density at radius 2 is 2.39 bits per heavy atom. The quantitative estimate of drug-likeness (QED) is 0.748. The zero-order valence-corrected chi connectivity index (χ0v) is 12.0. The lowest BCUT2D eigenvalue weighted by Crippen LogP contribution is -2.29. The second-order valence-corrected chi connectivity index (χ2v) is 4.67. The first kappa shape index (κ1) is 14.9. The lowest BCUT2D eigenvalue weighted by Gasteiger charge is -2.16. The molecule has 1 aliphatic rings. The van der Waals surface area contributed by atoms with Crippen molar-refractivity contribution in [3.05, 3.63) is 47.0 Å². The molecule has 0 fully saturated rings. The summed E-state index contributed by atoms with van der Waals surface area (Å²) in [6.07, 6.45) is 4.59. The van der Waals surface area contributed by atoms with Gasteiger partial charge in [-0.05, 0) is 6.08 Å². The number of ether oxygens (including phenoxy) is 2.